The van der Waals surface area contributed by atoms with Crippen molar-refractivity contribution in [3.05, 3.63) is 30.5 Å². The van der Waals surface area contributed by atoms with Gasteiger partial charge in [0.1, 0.15) is 15.6 Å². The lowest BCUT2D eigenvalue weighted by atomic mass is 10.0. The standard InChI is InChI=1S/C12H12N8O4S2/c13-9-4-1-6(5-16-9)7-2-3-8(25(14,21)22)11(26(15,23)24)10(7)12-17-19-20-18-12/h1-5H,(H2,13,16)(H2,14,21,22)(H2,15,23,24)(H,17,18,19,20). The van der Waals surface area contributed by atoms with Gasteiger partial charge >= 0.3 is 0 Å². The summed E-state index contributed by atoms with van der Waals surface area (Å²) in [5.41, 5.74) is 6.04. The molecule has 0 aliphatic carbocycles. The molecule has 7 N–H and O–H groups in total. The molecule has 0 saturated carbocycles. The largest absolute Gasteiger partial charge is 0.384 e. The van der Waals surface area contributed by atoms with Crippen LogP contribution in [0.1, 0.15) is 0 Å². The zero-order valence-corrected chi connectivity index (χ0v) is 14.5. The molecule has 0 fully saturated rings. The normalized spacial score (nSPS) is 12.2. The second kappa shape index (κ2) is 6.10. The van der Waals surface area contributed by atoms with E-state index in [0.29, 0.717) is 5.56 Å². The number of hydrogen-bond donors (Lipinski definition) is 4. The third kappa shape index (κ3) is 3.25. The maximum absolute atomic E-state index is 12.2. The summed E-state index contributed by atoms with van der Waals surface area (Å²) in [6, 6.07) is 5.42. The van der Waals surface area contributed by atoms with Crippen LogP contribution in [-0.4, -0.2) is 42.4 Å². The number of tetrazole rings is 1. The maximum atomic E-state index is 12.2. The molecule has 0 saturated heterocycles. The lowest BCUT2D eigenvalue weighted by molar-refractivity contribution is 0.584. The molecular formula is C12H12N8O4S2. The van der Waals surface area contributed by atoms with Crippen LogP contribution in [0.25, 0.3) is 22.5 Å². The Kier molecular flexibility index (Phi) is 4.19. The first kappa shape index (κ1) is 17.9. The Hall–Kier alpha value is -2.94. The van der Waals surface area contributed by atoms with Gasteiger partial charge in [0.15, 0.2) is 0 Å². The van der Waals surface area contributed by atoms with Gasteiger partial charge in [-0.25, -0.2) is 32.1 Å². The number of primary sulfonamides is 2. The van der Waals surface area contributed by atoms with Crippen LogP contribution >= 0.6 is 0 Å². The van der Waals surface area contributed by atoms with Crippen molar-refractivity contribution < 1.29 is 16.8 Å². The Balaban J connectivity index is 2.50. The molecule has 2 heterocycles. The van der Waals surface area contributed by atoms with Crippen LogP contribution in [0.15, 0.2) is 40.3 Å². The lowest BCUT2D eigenvalue weighted by Crippen LogP contribution is -2.22. The highest BCUT2D eigenvalue weighted by molar-refractivity contribution is 7.92. The summed E-state index contributed by atoms with van der Waals surface area (Å²) in [4.78, 5) is 2.50. The number of anilines is 1. The van der Waals surface area contributed by atoms with E-state index in [-0.39, 0.29) is 22.8 Å². The summed E-state index contributed by atoms with van der Waals surface area (Å²) in [5.74, 6) is 0.0500. The first-order chi connectivity index (χ1) is 12.1. The van der Waals surface area contributed by atoms with Gasteiger partial charge in [-0.2, -0.15) is 5.21 Å². The molecule has 12 nitrogen and oxygen atoms in total. The number of nitrogens with one attached hydrogen (secondary N) is 1. The molecule has 0 bridgehead atoms. The van der Waals surface area contributed by atoms with E-state index in [1.807, 2.05) is 0 Å². The number of H-pyrrole nitrogens is 1. The molecule has 14 heteroatoms. The highest BCUT2D eigenvalue weighted by Crippen LogP contribution is 2.38. The van der Waals surface area contributed by atoms with Crippen molar-refractivity contribution in [1.29, 1.82) is 0 Å². The summed E-state index contributed by atoms with van der Waals surface area (Å²) < 4.78 is 48.1. The monoisotopic (exact) mass is 396 g/mol. The number of pyridine rings is 1. The number of nitrogen functional groups attached to an aromatic ring is 1. The fourth-order valence-corrected chi connectivity index (χ4v) is 4.51. The first-order valence-electron chi connectivity index (χ1n) is 6.77. The van der Waals surface area contributed by atoms with Gasteiger partial charge in [-0.05, 0) is 29.0 Å². The van der Waals surface area contributed by atoms with Crippen molar-refractivity contribution in [1.82, 2.24) is 25.6 Å². The number of nitrogens with two attached hydrogens (primary N) is 3. The summed E-state index contributed by atoms with van der Waals surface area (Å²) in [6.07, 6.45) is 1.37. The molecule has 136 valence electrons. The number of aromatic amines is 1. The second-order valence-electron chi connectivity index (χ2n) is 5.11. The highest BCUT2D eigenvalue weighted by atomic mass is 32.2. The molecule has 1 aromatic carbocycles. The molecule has 0 aliphatic heterocycles. The molecular weight excluding hydrogens is 384 g/mol. The van der Waals surface area contributed by atoms with Crippen molar-refractivity contribution in [2.75, 3.05) is 5.73 Å². The lowest BCUT2D eigenvalue weighted by Gasteiger charge is -2.14. The molecule has 0 radical (unpaired) electrons. The molecule has 3 aromatic rings. The van der Waals surface area contributed by atoms with E-state index in [0.717, 1.165) is 6.07 Å². The minimum atomic E-state index is -4.54. The number of rotatable bonds is 4. The fourth-order valence-electron chi connectivity index (χ4n) is 2.36. The first-order valence-corrected chi connectivity index (χ1v) is 9.86. The van der Waals surface area contributed by atoms with Crippen LogP contribution < -0.4 is 16.0 Å². The van der Waals surface area contributed by atoms with E-state index in [4.69, 9.17) is 16.0 Å². The van der Waals surface area contributed by atoms with E-state index in [1.54, 1.807) is 6.07 Å². The molecule has 0 atom stereocenters. The number of nitrogens with zero attached hydrogens (tertiary/aromatic N) is 4. The SMILES string of the molecule is Nc1ccc(-c2ccc(S(N)(=O)=O)c(S(N)(=O)=O)c2-c2nn[nH]n2)cn1. The van der Waals surface area contributed by atoms with Crippen molar-refractivity contribution >= 4 is 25.9 Å². The van der Waals surface area contributed by atoms with E-state index in [1.165, 1.54) is 18.3 Å². The third-order valence-corrected chi connectivity index (χ3v) is 5.45. The minimum absolute atomic E-state index is 0.181. The number of hydrogen-bond acceptors (Lipinski definition) is 9. The predicted octanol–water partition coefficient (Wildman–Crippen LogP) is -1.19. The van der Waals surface area contributed by atoms with E-state index in [2.05, 4.69) is 25.6 Å². The Morgan fingerprint density at radius 1 is 0.962 bits per heavy atom. The smallest absolute Gasteiger partial charge is 0.240 e. The third-order valence-electron chi connectivity index (χ3n) is 3.38. The topological polar surface area (TPSA) is 214 Å². The second-order valence-corrected chi connectivity index (χ2v) is 8.14. The predicted molar refractivity (Wildman–Crippen MR) is 90.0 cm³/mol. The Morgan fingerprint density at radius 3 is 2.19 bits per heavy atom. The van der Waals surface area contributed by atoms with Gasteiger partial charge in [-0.15, -0.1) is 10.2 Å². The average molecular weight is 396 g/mol. The number of aromatic nitrogens is 5. The van der Waals surface area contributed by atoms with Gasteiger partial charge in [-0.1, -0.05) is 6.07 Å². The Bertz CT molecular complexity index is 1170. The van der Waals surface area contributed by atoms with Crippen molar-refractivity contribution in [2.24, 2.45) is 10.3 Å². The summed E-state index contributed by atoms with van der Waals surface area (Å²) in [7, 11) is -8.95. The number of sulfonamides is 2. The van der Waals surface area contributed by atoms with Gasteiger partial charge in [0, 0.05) is 11.8 Å². The zero-order valence-electron chi connectivity index (χ0n) is 12.9. The molecule has 0 spiro atoms. The summed E-state index contributed by atoms with van der Waals surface area (Å²) >= 11 is 0. The van der Waals surface area contributed by atoms with Gasteiger partial charge in [-0.3, -0.25) is 0 Å². The van der Waals surface area contributed by atoms with Crippen molar-refractivity contribution in [3.8, 4) is 22.5 Å². The van der Waals surface area contributed by atoms with Crippen LogP contribution in [0.2, 0.25) is 0 Å². The quantitative estimate of drug-likeness (QED) is 0.416. The van der Waals surface area contributed by atoms with Gasteiger partial charge < -0.3 is 5.73 Å². The summed E-state index contributed by atoms with van der Waals surface area (Å²) in [5, 5.41) is 23.4. The van der Waals surface area contributed by atoms with E-state index in [9.17, 15) is 16.8 Å². The molecule has 0 amide bonds. The fraction of sp³-hybridized carbons (Fsp3) is 0. The maximum Gasteiger partial charge on any atom is 0.240 e. The van der Waals surface area contributed by atoms with Crippen molar-refractivity contribution in [3.63, 3.8) is 0 Å². The molecule has 2 aromatic heterocycles. The van der Waals surface area contributed by atoms with E-state index < -0.39 is 29.8 Å². The molecule has 0 unspecified atom stereocenters. The van der Waals surface area contributed by atoms with Gasteiger partial charge in [0.25, 0.3) is 0 Å². The number of benzene rings is 1. The molecule has 0 aliphatic rings. The van der Waals surface area contributed by atoms with Crippen LogP contribution in [0.4, 0.5) is 5.82 Å². The van der Waals surface area contributed by atoms with Crippen LogP contribution in [0.3, 0.4) is 0 Å². The Labute approximate surface area is 147 Å². The zero-order chi connectivity index (χ0) is 19.1. The molecule has 26 heavy (non-hydrogen) atoms. The average Bonchev–Trinajstić information content (AvgIpc) is 3.06. The minimum Gasteiger partial charge on any atom is -0.384 e. The van der Waals surface area contributed by atoms with E-state index >= 15 is 0 Å². The van der Waals surface area contributed by atoms with Crippen LogP contribution in [0.5, 0.6) is 0 Å². The highest BCUT2D eigenvalue weighted by Gasteiger charge is 2.30. The van der Waals surface area contributed by atoms with Crippen LogP contribution in [-0.2, 0) is 20.0 Å². The van der Waals surface area contributed by atoms with Gasteiger partial charge in [0.05, 0.1) is 5.56 Å². The van der Waals surface area contributed by atoms with Crippen LogP contribution in [0, 0.1) is 0 Å². The Morgan fingerprint density at radius 2 is 1.69 bits per heavy atom. The summed E-state index contributed by atoms with van der Waals surface area (Å²) in [6.45, 7) is 0. The molecule has 3 rings (SSSR count). The van der Waals surface area contributed by atoms with Crippen molar-refractivity contribution in [2.45, 2.75) is 9.79 Å². The van der Waals surface area contributed by atoms with Gasteiger partial charge in [0.2, 0.25) is 25.9 Å².